The number of benzene rings is 3. The molecule has 1 aliphatic heterocycles. The summed E-state index contributed by atoms with van der Waals surface area (Å²) in [5, 5.41) is 22.3. The Morgan fingerprint density at radius 2 is 1.77 bits per heavy atom. The zero-order valence-electron chi connectivity index (χ0n) is 22.6. The number of carbonyl (C=O) groups is 1. The van der Waals surface area contributed by atoms with Gasteiger partial charge >= 0.3 is 5.97 Å². The van der Waals surface area contributed by atoms with Crippen LogP contribution < -0.4 is 19.6 Å². The molecule has 0 fully saturated rings. The maximum atomic E-state index is 13.7. The third kappa shape index (κ3) is 5.94. The number of hydrogen-bond donors (Lipinski definition) is 0. The predicted molar refractivity (Wildman–Crippen MR) is 158 cm³/mol. The van der Waals surface area contributed by atoms with E-state index in [9.17, 15) is 29.8 Å². The number of aromatic nitrogens is 1. The van der Waals surface area contributed by atoms with Crippen molar-refractivity contribution in [2.75, 3.05) is 7.11 Å². The van der Waals surface area contributed by atoms with Crippen molar-refractivity contribution in [1.29, 1.82) is 0 Å². The minimum absolute atomic E-state index is 0.00383. The van der Waals surface area contributed by atoms with E-state index in [1.54, 1.807) is 49.4 Å². The fourth-order valence-corrected chi connectivity index (χ4v) is 5.77. The van der Waals surface area contributed by atoms with E-state index in [0.29, 0.717) is 31.9 Å². The maximum absolute atomic E-state index is 13.7. The summed E-state index contributed by atoms with van der Waals surface area (Å²) in [6, 6.07) is 16.1. The molecule has 0 spiro atoms. The molecule has 1 aromatic heterocycles. The minimum Gasteiger partial charge on any atom is -0.489 e. The summed E-state index contributed by atoms with van der Waals surface area (Å²) in [5.74, 6) is -0.165. The number of fused-ring (bicyclic) bond motifs is 1. The topological polar surface area (TPSA) is 156 Å². The fourth-order valence-electron chi connectivity index (χ4n) is 4.54. The van der Waals surface area contributed by atoms with Gasteiger partial charge in [-0.05, 0) is 60.0 Å². The van der Waals surface area contributed by atoms with Gasteiger partial charge in [-0.2, -0.15) is 0 Å². The summed E-state index contributed by atoms with van der Waals surface area (Å²) < 4.78 is 12.4. The Morgan fingerprint density at radius 3 is 2.40 bits per heavy atom. The van der Waals surface area contributed by atoms with Gasteiger partial charge in [0.15, 0.2) is 4.80 Å². The Bertz CT molecular complexity index is 1980. The van der Waals surface area contributed by atoms with Gasteiger partial charge in [0, 0.05) is 18.2 Å². The molecular weight excluding hydrogens is 600 g/mol. The van der Waals surface area contributed by atoms with Gasteiger partial charge < -0.3 is 9.47 Å². The molecule has 3 aromatic carbocycles. The van der Waals surface area contributed by atoms with Crippen molar-refractivity contribution in [1.82, 2.24) is 4.57 Å². The van der Waals surface area contributed by atoms with Crippen LogP contribution in [0.3, 0.4) is 0 Å². The number of nitrogens with zero attached hydrogens (tertiary/aromatic N) is 4. The largest absolute Gasteiger partial charge is 0.489 e. The fraction of sp³-hybridized carbons (Fsp3) is 0.138. The van der Waals surface area contributed by atoms with Crippen molar-refractivity contribution in [3.8, 4) is 5.75 Å². The van der Waals surface area contributed by atoms with Gasteiger partial charge in [0.2, 0.25) is 0 Å². The van der Waals surface area contributed by atoms with Crippen molar-refractivity contribution < 1.29 is 24.1 Å². The van der Waals surface area contributed by atoms with Crippen LogP contribution in [0.15, 0.2) is 87.8 Å². The number of thiazole rings is 1. The number of esters is 1. The molecule has 14 heteroatoms. The SMILES string of the molecule is COC(=O)C1=C(C)N=c2sc(=Cc3ccc(OCc4ccc([N+](=O)[O-])cc4)cc3)c(=O)n2C1c1ccc(Cl)c([N+](=O)[O-])c1. The maximum Gasteiger partial charge on any atom is 0.338 e. The quantitative estimate of drug-likeness (QED) is 0.159. The molecule has 5 rings (SSSR count). The number of carbonyl (C=O) groups excluding carboxylic acids is 1. The molecule has 1 aliphatic rings. The van der Waals surface area contributed by atoms with E-state index in [1.807, 2.05) is 0 Å². The Kier molecular flexibility index (Phi) is 8.19. The predicted octanol–water partition coefficient (Wildman–Crippen LogP) is 4.46. The van der Waals surface area contributed by atoms with E-state index in [-0.39, 0.29) is 28.6 Å². The van der Waals surface area contributed by atoms with E-state index < -0.39 is 27.4 Å². The van der Waals surface area contributed by atoms with Crippen LogP contribution in [0.5, 0.6) is 5.75 Å². The minimum atomic E-state index is -1.03. The Balaban J connectivity index is 1.48. The summed E-state index contributed by atoms with van der Waals surface area (Å²) in [6.45, 7) is 1.82. The molecule has 1 atom stereocenters. The van der Waals surface area contributed by atoms with E-state index in [1.165, 1.54) is 42.0 Å². The Hall–Kier alpha value is -5.14. The number of nitro groups is 2. The number of ether oxygens (including phenoxy) is 2. The molecule has 0 N–H and O–H groups in total. The molecule has 0 saturated carbocycles. The molecule has 4 aromatic rings. The van der Waals surface area contributed by atoms with E-state index in [2.05, 4.69) is 4.99 Å². The number of rotatable bonds is 8. The standard InChI is InChI=1S/C29H21ClN4O8S/c1-16-25(28(36)41-2)26(19-7-12-22(30)23(14-19)34(39)40)32-27(35)24(43-29(32)31-16)13-17-5-10-21(11-6-17)42-15-18-3-8-20(9-4-18)33(37)38/h3-14,26H,15H2,1-2H3. The average molecular weight is 621 g/mol. The molecule has 218 valence electrons. The first-order chi connectivity index (χ1) is 20.6. The van der Waals surface area contributed by atoms with Crippen LogP contribution in [-0.2, 0) is 16.1 Å². The molecule has 0 aliphatic carbocycles. The second kappa shape index (κ2) is 12.0. The van der Waals surface area contributed by atoms with Gasteiger partial charge in [-0.15, -0.1) is 0 Å². The van der Waals surface area contributed by atoms with Gasteiger partial charge in [-0.1, -0.05) is 41.1 Å². The number of methoxy groups -OCH3 is 1. The average Bonchev–Trinajstić information content (AvgIpc) is 3.29. The summed E-state index contributed by atoms with van der Waals surface area (Å²) in [5.41, 5.74) is 1.33. The number of hydrogen-bond acceptors (Lipinski definition) is 10. The molecule has 0 radical (unpaired) electrons. The van der Waals surface area contributed by atoms with Crippen LogP contribution >= 0.6 is 22.9 Å². The van der Waals surface area contributed by atoms with Crippen molar-refractivity contribution in [2.45, 2.75) is 19.6 Å². The lowest BCUT2D eigenvalue weighted by Gasteiger charge is -2.24. The highest BCUT2D eigenvalue weighted by molar-refractivity contribution is 7.07. The summed E-state index contributed by atoms with van der Waals surface area (Å²) in [7, 11) is 1.20. The lowest BCUT2D eigenvalue weighted by atomic mass is 9.95. The van der Waals surface area contributed by atoms with Crippen LogP contribution in [-0.4, -0.2) is 27.5 Å². The smallest absolute Gasteiger partial charge is 0.338 e. The van der Waals surface area contributed by atoms with Gasteiger partial charge in [0.25, 0.3) is 16.9 Å². The summed E-state index contributed by atoms with van der Waals surface area (Å²) in [4.78, 5) is 52.6. The van der Waals surface area contributed by atoms with Crippen LogP contribution in [0.25, 0.3) is 6.08 Å². The molecule has 2 heterocycles. The van der Waals surface area contributed by atoms with Crippen molar-refractivity contribution >= 4 is 46.4 Å². The number of non-ortho nitro benzene ring substituents is 1. The highest BCUT2D eigenvalue weighted by Gasteiger charge is 2.34. The first-order valence-electron chi connectivity index (χ1n) is 12.6. The molecule has 0 bridgehead atoms. The molecular formula is C29H21ClN4O8S. The highest BCUT2D eigenvalue weighted by Crippen LogP contribution is 2.34. The molecule has 12 nitrogen and oxygen atoms in total. The highest BCUT2D eigenvalue weighted by atomic mass is 35.5. The van der Waals surface area contributed by atoms with Crippen molar-refractivity contribution in [3.63, 3.8) is 0 Å². The number of allylic oxidation sites excluding steroid dienone is 1. The zero-order valence-corrected chi connectivity index (χ0v) is 24.1. The summed E-state index contributed by atoms with van der Waals surface area (Å²) >= 11 is 7.13. The number of halogens is 1. The third-order valence-electron chi connectivity index (χ3n) is 6.64. The number of nitro benzene ring substituents is 2. The molecule has 0 saturated heterocycles. The Morgan fingerprint density at radius 1 is 1.07 bits per heavy atom. The van der Waals surface area contributed by atoms with Crippen LogP contribution in [0.2, 0.25) is 5.02 Å². The zero-order chi connectivity index (χ0) is 30.8. The Labute approximate surface area is 251 Å². The molecule has 1 unspecified atom stereocenters. The monoisotopic (exact) mass is 620 g/mol. The first-order valence-corrected chi connectivity index (χ1v) is 13.8. The lowest BCUT2D eigenvalue weighted by Crippen LogP contribution is -2.39. The third-order valence-corrected chi connectivity index (χ3v) is 7.94. The van der Waals surface area contributed by atoms with Crippen molar-refractivity contribution in [3.05, 3.63) is 140 Å². The molecule has 0 amide bonds. The lowest BCUT2D eigenvalue weighted by molar-refractivity contribution is -0.385. The van der Waals surface area contributed by atoms with E-state index in [0.717, 1.165) is 16.9 Å². The van der Waals surface area contributed by atoms with Crippen molar-refractivity contribution in [2.24, 2.45) is 4.99 Å². The normalized spacial score (nSPS) is 14.6. The van der Waals surface area contributed by atoms with Crippen LogP contribution in [0.4, 0.5) is 11.4 Å². The second-order valence-corrected chi connectivity index (χ2v) is 10.7. The van der Waals surface area contributed by atoms with Gasteiger partial charge in [0.05, 0.1) is 38.8 Å². The van der Waals surface area contributed by atoms with Gasteiger partial charge in [-0.25, -0.2) is 9.79 Å². The van der Waals surface area contributed by atoms with Gasteiger partial charge in [0.1, 0.15) is 17.4 Å². The van der Waals surface area contributed by atoms with E-state index >= 15 is 0 Å². The molecule has 43 heavy (non-hydrogen) atoms. The van der Waals surface area contributed by atoms with Gasteiger partial charge in [-0.3, -0.25) is 29.6 Å². The van der Waals surface area contributed by atoms with Crippen LogP contribution in [0.1, 0.15) is 29.7 Å². The summed E-state index contributed by atoms with van der Waals surface area (Å²) in [6.07, 6.45) is 1.67. The first kappa shape index (κ1) is 29.4. The van der Waals surface area contributed by atoms with Crippen LogP contribution in [0, 0.1) is 20.2 Å². The van der Waals surface area contributed by atoms with E-state index in [4.69, 9.17) is 21.1 Å². The second-order valence-electron chi connectivity index (χ2n) is 9.32.